The van der Waals surface area contributed by atoms with Crippen LogP contribution >= 0.6 is 0 Å². The van der Waals surface area contributed by atoms with Gasteiger partial charge in [-0.05, 0) is 43.7 Å². The number of nitrogens with zero attached hydrogens (tertiary/aromatic N) is 1. The molecule has 0 aliphatic rings. The lowest BCUT2D eigenvalue weighted by Crippen LogP contribution is -2.29. The molecule has 0 spiro atoms. The minimum atomic E-state index is -0.803. The number of pyridine rings is 1. The van der Waals surface area contributed by atoms with E-state index in [2.05, 4.69) is 20.9 Å². The predicted octanol–water partition coefficient (Wildman–Crippen LogP) is 3.43. The van der Waals surface area contributed by atoms with Gasteiger partial charge in [0.2, 0.25) is 0 Å². The Bertz CT molecular complexity index is 1140. The number of rotatable bonds is 5. The molecular weight excluding hydrogens is 396 g/mol. The van der Waals surface area contributed by atoms with E-state index >= 15 is 0 Å². The summed E-state index contributed by atoms with van der Waals surface area (Å²) in [5, 5.41) is 7.65. The highest BCUT2D eigenvalue weighted by molar-refractivity contribution is 6.43. The van der Waals surface area contributed by atoms with Gasteiger partial charge in [-0.15, -0.1) is 0 Å². The van der Waals surface area contributed by atoms with Crippen LogP contribution in [-0.4, -0.2) is 29.8 Å². The summed E-state index contributed by atoms with van der Waals surface area (Å²) >= 11 is 0. The van der Waals surface area contributed by atoms with Crippen molar-refractivity contribution in [3.8, 4) is 11.5 Å². The van der Waals surface area contributed by atoms with Gasteiger partial charge in [0.05, 0.1) is 0 Å². The summed E-state index contributed by atoms with van der Waals surface area (Å²) in [6, 6.07) is 15.2. The lowest BCUT2D eigenvalue weighted by Gasteiger charge is -2.11. The van der Waals surface area contributed by atoms with Crippen molar-refractivity contribution in [2.75, 3.05) is 17.7 Å². The second kappa shape index (κ2) is 9.53. The number of ether oxygens (including phenoxy) is 1. The van der Waals surface area contributed by atoms with Crippen LogP contribution in [-0.2, 0) is 9.59 Å². The van der Waals surface area contributed by atoms with Gasteiger partial charge in [0, 0.05) is 36.8 Å². The SMILES string of the molecule is CNC(=O)c1cc(Oc2cccc(NC(=O)C(=O)Nc3ccc(C)cc3C)c2)ccn1. The van der Waals surface area contributed by atoms with Gasteiger partial charge in [0.15, 0.2) is 0 Å². The summed E-state index contributed by atoms with van der Waals surface area (Å²) in [4.78, 5) is 40.3. The number of hydrogen-bond donors (Lipinski definition) is 3. The van der Waals surface area contributed by atoms with Crippen molar-refractivity contribution in [2.45, 2.75) is 13.8 Å². The standard InChI is InChI=1S/C23H22N4O4/c1-14-7-8-19(15(2)11-14)27-23(30)22(29)26-16-5-4-6-17(12-16)31-18-9-10-25-20(13-18)21(28)24-3/h4-13H,1-3H3,(H,24,28)(H,26,29)(H,27,30). The molecule has 0 fully saturated rings. The number of carbonyl (C=O) groups excluding carboxylic acids is 3. The summed E-state index contributed by atoms with van der Waals surface area (Å²) in [5.74, 6) is -1.09. The largest absolute Gasteiger partial charge is 0.457 e. The zero-order valence-corrected chi connectivity index (χ0v) is 17.4. The Balaban J connectivity index is 1.66. The van der Waals surface area contributed by atoms with Gasteiger partial charge in [-0.3, -0.25) is 19.4 Å². The molecule has 0 aliphatic heterocycles. The van der Waals surface area contributed by atoms with Crippen LogP contribution in [0.2, 0.25) is 0 Å². The molecule has 8 heteroatoms. The lowest BCUT2D eigenvalue weighted by molar-refractivity contribution is -0.133. The van der Waals surface area contributed by atoms with Crippen molar-refractivity contribution >= 4 is 29.1 Å². The minimum absolute atomic E-state index is 0.215. The van der Waals surface area contributed by atoms with Crippen molar-refractivity contribution < 1.29 is 19.1 Å². The molecule has 1 aromatic heterocycles. The molecule has 158 valence electrons. The quantitative estimate of drug-likeness (QED) is 0.550. The van der Waals surface area contributed by atoms with Crippen LogP contribution < -0.4 is 20.7 Å². The minimum Gasteiger partial charge on any atom is -0.457 e. The average Bonchev–Trinajstić information content (AvgIpc) is 2.75. The highest BCUT2D eigenvalue weighted by Gasteiger charge is 2.15. The number of nitrogens with one attached hydrogen (secondary N) is 3. The van der Waals surface area contributed by atoms with E-state index in [0.29, 0.717) is 22.9 Å². The third kappa shape index (κ3) is 5.66. The molecule has 0 bridgehead atoms. The Morgan fingerprint density at radius 3 is 2.35 bits per heavy atom. The van der Waals surface area contributed by atoms with Crippen molar-refractivity contribution in [3.63, 3.8) is 0 Å². The van der Waals surface area contributed by atoms with E-state index in [1.54, 1.807) is 36.4 Å². The van der Waals surface area contributed by atoms with Gasteiger partial charge in [0.25, 0.3) is 5.91 Å². The molecule has 3 rings (SSSR count). The Morgan fingerprint density at radius 2 is 1.61 bits per heavy atom. The number of aryl methyl sites for hydroxylation is 2. The highest BCUT2D eigenvalue weighted by Crippen LogP contribution is 2.24. The maximum atomic E-state index is 12.3. The highest BCUT2D eigenvalue weighted by atomic mass is 16.5. The van der Waals surface area contributed by atoms with Crippen molar-refractivity contribution in [2.24, 2.45) is 0 Å². The summed E-state index contributed by atoms with van der Waals surface area (Å²) < 4.78 is 5.75. The zero-order chi connectivity index (χ0) is 22.4. The van der Waals surface area contributed by atoms with E-state index in [9.17, 15) is 14.4 Å². The fourth-order valence-corrected chi connectivity index (χ4v) is 2.82. The molecule has 3 aromatic rings. The maximum absolute atomic E-state index is 12.3. The molecule has 3 N–H and O–H groups in total. The van der Waals surface area contributed by atoms with Crippen LogP contribution in [0.1, 0.15) is 21.6 Å². The third-order valence-electron chi connectivity index (χ3n) is 4.36. The Labute approximate surface area is 179 Å². The van der Waals surface area contributed by atoms with Crippen LogP contribution in [0.15, 0.2) is 60.8 Å². The van der Waals surface area contributed by atoms with E-state index in [-0.39, 0.29) is 11.6 Å². The maximum Gasteiger partial charge on any atom is 0.314 e. The number of benzene rings is 2. The molecular formula is C23H22N4O4. The van der Waals surface area contributed by atoms with E-state index in [1.807, 2.05) is 26.0 Å². The topological polar surface area (TPSA) is 109 Å². The monoisotopic (exact) mass is 418 g/mol. The van der Waals surface area contributed by atoms with Gasteiger partial charge >= 0.3 is 11.8 Å². The molecule has 0 aliphatic carbocycles. The zero-order valence-electron chi connectivity index (χ0n) is 17.4. The van der Waals surface area contributed by atoms with E-state index in [1.165, 1.54) is 19.3 Å². The molecule has 3 amide bonds. The van der Waals surface area contributed by atoms with Gasteiger partial charge in [-0.2, -0.15) is 0 Å². The molecule has 8 nitrogen and oxygen atoms in total. The van der Waals surface area contributed by atoms with Gasteiger partial charge in [-0.1, -0.05) is 23.8 Å². The number of carbonyl (C=O) groups is 3. The molecule has 0 saturated carbocycles. The summed E-state index contributed by atoms with van der Waals surface area (Å²) in [6.45, 7) is 3.81. The summed E-state index contributed by atoms with van der Waals surface area (Å²) in [7, 11) is 1.51. The lowest BCUT2D eigenvalue weighted by atomic mass is 10.1. The predicted molar refractivity (Wildman–Crippen MR) is 117 cm³/mol. The number of aromatic nitrogens is 1. The van der Waals surface area contributed by atoms with Gasteiger partial charge in [-0.25, -0.2) is 0 Å². The number of anilines is 2. The fraction of sp³-hybridized carbons (Fsp3) is 0.130. The van der Waals surface area contributed by atoms with Gasteiger partial charge in [0.1, 0.15) is 17.2 Å². The van der Waals surface area contributed by atoms with Crippen LogP contribution in [0, 0.1) is 13.8 Å². The Hall–Kier alpha value is -4.20. The number of amides is 3. The van der Waals surface area contributed by atoms with Crippen LogP contribution in [0.3, 0.4) is 0 Å². The Morgan fingerprint density at radius 1 is 0.871 bits per heavy atom. The van der Waals surface area contributed by atoms with Gasteiger partial charge < -0.3 is 20.7 Å². The van der Waals surface area contributed by atoms with E-state index in [4.69, 9.17) is 4.74 Å². The first-order valence-corrected chi connectivity index (χ1v) is 9.51. The molecule has 1 heterocycles. The van der Waals surface area contributed by atoms with Crippen LogP contribution in [0.4, 0.5) is 11.4 Å². The molecule has 0 unspecified atom stereocenters. The summed E-state index contributed by atoms with van der Waals surface area (Å²) in [6.07, 6.45) is 1.46. The second-order valence-electron chi connectivity index (χ2n) is 6.81. The molecule has 0 radical (unpaired) electrons. The first-order chi connectivity index (χ1) is 14.9. The second-order valence-corrected chi connectivity index (χ2v) is 6.81. The first-order valence-electron chi connectivity index (χ1n) is 9.51. The van der Waals surface area contributed by atoms with Crippen LogP contribution in [0.5, 0.6) is 11.5 Å². The van der Waals surface area contributed by atoms with Crippen molar-refractivity contribution in [1.82, 2.24) is 10.3 Å². The summed E-state index contributed by atoms with van der Waals surface area (Å²) in [5.41, 5.74) is 3.11. The average molecular weight is 418 g/mol. The molecule has 31 heavy (non-hydrogen) atoms. The molecule has 0 atom stereocenters. The van der Waals surface area contributed by atoms with E-state index in [0.717, 1.165) is 11.1 Å². The van der Waals surface area contributed by atoms with E-state index < -0.39 is 11.8 Å². The first kappa shape index (κ1) is 21.5. The molecule has 2 aromatic carbocycles. The smallest absolute Gasteiger partial charge is 0.314 e. The Kier molecular flexibility index (Phi) is 6.61. The van der Waals surface area contributed by atoms with Crippen molar-refractivity contribution in [1.29, 1.82) is 0 Å². The third-order valence-corrected chi connectivity index (χ3v) is 4.36. The van der Waals surface area contributed by atoms with Crippen LogP contribution in [0.25, 0.3) is 0 Å². The normalized spacial score (nSPS) is 10.2. The van der Waals surface area contributed by atoms with Crippen molar-refractivity contribution in [3.05, 3.63) is 77.6 Å². The molecule has 0 saturated heterocycles. The fourth-order valence-electron chi connectivity index (χ4n) is 2.82. The number of hydrogen-bond acceptors (Lipinski definition) is 5.